The minimum absolute atomic E-state index is 0.192. The van der Waals surface area contributed by atoms with E-state index in [9.17, 15) is 4.79 Å². The van der Waals surface area contributed by atoms with Crippen LogP contribution in [0.3, 0.4) is 0 Å². The largest absolute Gasteiger partial charge is 0.497 e. The average Bonchev–Trinajstić information content (AvgIpc) is 3.20. The van der Waals surface area contributed by atoms with Crippen molar-refractivity contribution in [3.63, 3.8) is 0 Å². The van der Waals surface area contributed by atoms with Gasteiger partial charge < -0.3 is 24.8 Å². The monoisotopic (exact) mass is 454 g/mol. The Morgan fingerprint density at radius 1 is 1.07 bits per heavy atom. The number of para-hydroxylation sites is 1. The maximum atomic E-state index is 12.8. The second-order valence-electron chi connectivity index (χ2n) is 6.38. The zero-order valence-corrected chi connectivity index (χ0v) is 17.3. The van der Waals surface area contributed by atoms with Gasteiger partial charge in [0.1, 0.15) is 5.75 Å². The van der Waals surface area contributed by atoms with Crippen LogP contribution in [0.5, 0.6) is 17.2 Å². The lowest BCUT2D eigenvalue weighted by molar-refractivity contribution is 0.102. The van der Waals surface area contributed by atoms with Gasteiger partial charge in [0.05, 0.1) is 12.7 Å². The van der Waals surface area contributed by atoms with Gasteiger partial charge in [0, 0.05) is 22.4 Å². The predicted molar refractivity (Wildman–Crippen MR) is 115 cm³/mol. The van der Waals surface area contributed by atoms with E-state index in [0.29, 0.717) is 17.8 Å². The van der Waals surface area contributed by atoms with Crippen LogP contribution in [-0.2, 0) is 6.54 Å². The fraction of sp³-hybridized carbons (Fsp3) is 0.136. The summed E-state index contributed by atoms with van der Waals surface area (Å²) < 4.78 is 16.9. The van der Waals surface area contributed by atoms with Gasteiger partial charge in [0.15, 0.2) is 11.5 Å². The molecule has 3 aromatic rings. The summed E-state index contributed by atoms with van der Waals surface area (Å²) in [7, 11) is 1.61. The molecule has 29 heavy (non-hydrogen) atoms. The van der Waals surface area contributed by atoms with Crippen molar-refractivity contribution < 1.29 is 19.0 Å². The first kappa shape index (κ1) is 19.1. The summed E-state index contributed by atoms with van der Waals surface area (Å²) in [5, 5.41) is 6.25. The highest BCUT2D eigenvalue weighted by Gasteiger charge is 2.17. The number of methoxy groups -OCH3 is 1. The zero-order valence-electron chi connectivity index (χ0n) is 15.7. The summed E-state index contributed by atoms with van der Waals surface area (Å²) in [5.41, 5.74) is 2.99. The Kier molecular flexibility index (Phi) is 5.57. The minimum Gasteiger partial charge on any atom is -0.497 e. The van der Waals surface area contributed by atoms with E-state index in [0.717, 1.165) is 33.0 Å². The van der Waals surface area contributed by atoms with E-state index in [1.165, 1.54) is 0 Å². The number of ether oxygens (including phenoxy) is 3. The SMILES string of the molecule is COc1ccc(NC(=O)c2ccccc2NCc2cc3c(cc2Br)OCO3)cc1. The number of fused-ring (bicyclic) bond motifs is 1. The van der Waals surface area contributed by atoms with Gasteiger partial charge >= 0.3 is 0 Å². The molecule has 1 heterocycles. The lowest BCUT2D eigenvalue weighted by Crippen LogP contribution is -2.14. The second-order valence-corrected chi connectivity index (χ2v) is 7.23. The van der Waals surface area contributed by atoms with Crippen LogP contribution in [0, 0.1) is 0 Å². The number of hydrogen-bond acceptors (Lipinski definition) is 5. The maximum Gasteiger partial charge on any atom is 0.257 e. The molecule has 6 nitrogen and oxygen atoms in total. The molecule has 0 spiro atoms. The second kappa shape index (κ2) is 8.45. The van der Waals surface area contributed by atoms with E-state index in [1.807, 2.05) is 30.3 Å². The van der Waals surface area contributed by atoms with E-state index in [1.54, 1.807) is 37.4 Å². The van der Waals surface area contributed by atoms with Gasteiger partial charge in [-0.1, -0.05) is 28.1 Å². The van der Waals surface area contributed by atoms with Crippen LogP contribution < -0.4 is 24.8 Å². The summed E-state index contributed by atoms with van der Waals surface area (Å²) in [6.45, 7) is 0.747. The third-order valence-electron chi connectivity index (χ3n) is 4.53. The van der Waals surface area contributed by atoms with Crippen LogP contribution in [0.15, 0.2) is 65.1 Å². The van der Waals surface area contributed by atoms with Crippen LogP contribution in [0.1, 0.15) is 15.9 Å². The molecule has 148 valence electrons. The van der Waals surface area contributed by atoms with E-state index < -0.39 is 0 Å². The van der Waals surface area contributed by atoms with Gasteiger partial charge in [0.2, 0.25) is 6.79 Å². The lowest BCUT2D eigenvalue weighted by Gasteiger charge is -2.14. The number of benzene rings is 3. The quantitative estimate of drug-likeness (QED) is 0.545. The van der Waals surface area contributed by atoms with Crippen LogP contribution in [0.2, 0.25) is 0 Å². The topological polar surface area (TPSA) is 68.8 Å². The highest BCUT2D eigenvalue weighted by Crippen LogP contribution is 2.37. The third kappa shape index (κ3) is 4.30. The predicted octanol–water partition coefficient (Wildman–Crippen LogP) is 5.05. The molecule has 1 aliphatic heterocycles. The summed E-state index contributed by atoms with van der Waals surface area (Å²) in [6, 6.07) is 18.4. The summed E-state index contributed by atoms with van der Waals surface area (Å²) in [4.78, 5) is 12.8. The molecule has 1 aliphatic rings. The number of rotatable bonds is 6. The van der Waals surface area contributed by atoms with Gasteiger partial charge in [-0.05, 0) is 54.1 Å². The molecule has 0 aliphatic carbocycles. The van der Waals surface area contributed by atoms with Gasteiger partial charge in [0.25, 0.3) is 5.91 Å². The molecule has 0 unspecified atom stereocenters. The molecule has 7 heteroatoms. The van der Waals surface area contributed by atoms with Gasteiger partial charge in [-0.2, -0.15) is 0 Å². The van der Waals surface area contributed by atoms with Crippen molar-refractivity contribution in [2.24, 2.45) is 0 Å². The van der Waals surface area contributed by atoms with Gasteiger partial charge in [-0.25, -0.2) is 0 Å². The van der Waals surface area contributed by atoms with Crippen molar-refractivity contribution in [1.29, 1.82) is 0 Å². The van der Waals surface area contributed by atoms with E-state index in [-0.39, 0.29) is 12.7 Å². The number of amides is 1. The fourth-order valence-electron chi connectivity index (χ4n) is 2.99. The Morgan fingerprint density at radius 2 is 1.79 bits per heavy atom. The smallest absolute Gasteiger partial charge is 0.257 e. The first-order valence-corrected chi connectivity index (χ1v) is 9.79. The molecule has 0 bridgehead atoms. The third-order valence-corrected chi connectivity index (χ3v) is 5.27. The molecule has 0 saturated carbocycles. The van der Waals surface area contributed by atoms with Crippen molar-refractivity contribution >= 4 is 33.2 Å². The van der Waals surface area contributed by atoms with Crippen LogP contribution in [-0.4, -0.2) is 19.8 Å². The lowest BCUT2D eigenvalue weighted by atomic mass is 10.1. The molecule has 0 atom stereocenters. The van der Waals surface area contributed by atoms with Gasteiger partial charge in [-0.3, -0.25) is 4.79 Å². The van der Waals surface area contributed by atoms with Crippen molar-refractivity contribution in [2.45, 2.75) is 6.54 Å². The standard InChI is InChI=1S/C22H19BrN2O4/c1-27-16-8-6-15(7-9-16)25-22(26)17-4-2-3-5-19(17)24-12-14-10-20-21(11-18(14)23)29-13-28-20/h2-11,24H,12-13H2,1H3,(H,25,26). The highest BCUT2D eigenvalue weighted by atomic mass is 79.9. The normalized spacial score (nSPS) is 11.8. The highest BCUT2D eigenvalue weighted by molar-refractivity contribution is 9.10. The van der Waals surface area contributed by atoms with E-state index >= 15 is 0 Å². The number of halogens is 1. The van der Waals surface area contributed by atoms with Crippen LogP contribution in [0.4, 0.5) is 11.4 Å². The molecule has 1 amide bonds. The Morgan fingerprint density at radius 3 is 2.55 bits per heavy atom. The van der Waals surface area contributed by atoms with Crippen molar-refractivity contribution in [3.8, 4) is 17.2 Å². The van der Waals surface area contributed by atoms with Crippen molar-refractivity contribution in [2.75, 3.05) is 24.5 Å². The Hall–Kier alpha value is -3.19. The molecular formula is C22H19BrN2O4. The van der Waals surface area contributed by atoms with E-state index in [4.69, 9.17) is 14.2 Å². The van der Waals surface area contributed by atoms with Crippen LogP contribution >= 0.6 is 15.9 Å². The summed E-state index contributed by atoms with van der Waals surface area (Å²) in [6.07, 6.45) is 0. The Bertz CT molecular complexity index is 1040. The Balaban J connectivity index is 1.48. The first-order valence-electron chi connectivity index (χ1n) is 9.00. The molecule has 4 rings (SSSR count). The number of carbonyl (C=O) groups is 1. The van der Waals surface area contributed by atoms with Gasteiger partial charge in [-0.15, -0.1) is 0 Å². The fourth-order valence-corrected chi connectivity index (χ4v) is 3.46. The molecule has 3 aromatic carbocycles. The average molecular weight is 455 g/mol. The number of anilines is 2. The molecule has 0 saturated heterocycles. The molecule has 0 radical (unpaired) electrons. The van der Waals surface area contributed by atoms with Crippen molar-refractivity contribution in [1.82, 2.24) is 0 Å². The zero-order chi connectivity index (χ0) is 20.2. The van der Waals surface area contributed by atoms with Crippen molar-refractivity contribution in [3.05, 3.63) is 76.3 Å². The van der Waals surface area contributed by atoms with Crippen LogP contribution in [0.25, 0.3) is 0 Å². The molecule has 0 fully saturated rings. The molecule has 2 N–H and O–H groups in total. The molecular weight excluding hydrogens is 436 g/mol. The summed E-state index contributed by atoms with van der Waals surface area (Å²) >= 11 is 3.56. The number of nitrogens with one attached hydrogen (secondary N) is 2. The number of carbonyl (C=O) groups excluding carboxylic acids is 1. The maximum absolute atomic E-state index is 12.8. The Labute approximate surface area is 176 Å². The number of hydrogen-bond donors (Lipinski definition) is 2. The minimum atomic E-state index is -0.192. The molecule has 0 aromatic heterocycles. The first-order chi connectivity index (χ1) is 14.1. The van der Waals surface area contributed by atoms with E-state index in [2.05, 4.69) is 26.6 Å². The summed E-state index contributed by atoms with van der Waals surface area (Å²) in [5.74, 6) is 1.98.